The number of thioether (sulfide) groups is 1. The summed E-state index contributed by atoms with van der Waals surface area (Å²) in [5.74, 6) is -2.27. The molecule has 2 atom stereocenters. The lowest BCUT2D eigenvalue weighted by Gasteiger charge is -2.26. The summed E-state index contributed by atoms with van der Waals surface area (Å²) in [5.41, 5.74) is -0.0775. The van der Waals surface area contributed by atoms with Crippen molar-refractivity contribution < 1.29 is 13.6 Å². The summed E-state index contributed by atoms with van der Waals surface area (Å²) in [6.45, 7) is 0. The minimum atomic E-state index is -0.993. The Kier molecular flexibility index (Phi) is 3.14. The molecular formula is C14H14F2OS. The lowest BCUT2D eigenvalue weighted by atomic mass is 9.90. The van der Waals surface area contributed by atoms with E-state index in [0.29, 0.717) is 10.5 Å². The Balaban J connectivity index is 1.84. The molecule has 2 unspecified atom stereocenters. The molecule has 0 aliphatic carbocycles. The van der Waals surface area contributed by atoms with Crippen LogP contribution in [0.1, 0.15) is 36.0 Å². The summed E-state index contributed by atoms with van der Waals surface area (Å²) >= 11 is 1.96. The Morgan fingerprint density at radius 3 is 2.50 bits per heavy atom. The quantitative estimate of drug-likeness (QED) is 0.758. The van der Waals surface area contributed by atoms with Gasteiger partial charge in [0.05, 0.1) is 5.56 Å². The molecule has 0 saturated carbocycles. The van der Waals surface area contributed by atoms with Gasteiger partial charge in [0.25, 0.3) is 0 Å². The highest BCUT2D eigenvalue weighted by Gasteiger charge is 2.38. The van der Waals surface area contributed by atoms with Crippen molar-refractivity contribution in [3.8, 4) is 0 Å². The fourth-order valence-electron chi connectivity index (χ4n) is 2.99. The Bertz CT molecular complexity index is 477. The van der Waals surface area contributed by atoms with E-state index < -0.39 is 11.6 Å². The average Bonchev–Trinajstić information content (AvgIpc) is 2.71. The molecule has 2 aliphatic heterocycles. The molecule has 2 aliphatic rings. The van der Waals surface area contributed by atoms with Crippen LogP contribution in [0.5, 0.6) is 0 Å². The second kappa shape index (κ2) is 4.65. The van der Waals surface area contributed by atoms with Crippen LogP contribution >= 0.6 is 11.8 Å². The maximum atomic E-state index is 13.6. The smallest absolute Gasteiger partial charge is 0.169 e. The second-order valence-corrected chi connectivity index (χ2v) is 6.70. The van der Waals surface area contributed by atoms with Crippen LogP contribution in [0.15, 0.2) is 18.2 Å². The minimum Gasteiger partial charge on any atom is -0.294 e. The maximum Gasteiger partial charge on any atom is 0.169 e. The molecular weight excluding hydrogens is 254 g/mol. The summed E-state index contributed by atoms with van der Waals surface area (Å²) in [6.07, 6.45) is 3.95. The average molecular weight is 268 g/mol. The number of carbonyl (C=O) groups is 1. The van der Waals surface area contributed by atoms with Crippen LogP contribution < -0.4 is 0 Å². The van der Waals surface area contributed by atoms with Gasteiger partial charge in [-0.15, -0.1) is 0 Å². The summed E-state index contributed by atoms with van der Waals surface area (Å²) < 4.78 is 26.8. The zero-order chi connectivity index (χ0) is 12.7. The highest BCUT2D eigenvalue weighted by Crippen LogP contribution is 2.46. The highest BCUT2D eigenvalue weighted by atomic mass is 32.2. The van der Waals surface area contributed by atoms with E-state index in [1.165, 1.54) is 12.1 Å². The summed E-state index contributed by atoms with van der Waals surface area (Å²) in [5, 5.41) is 1.07. The molecule has 0 N–H and O–H groups in total. The van der Waals surface area contributed by atoms with Crippen molar-refractivity contribution in [2.24, 2.45) is 5.92 Å². The standard InChI is InChI=1S/C14H14F2OS/c15-12-3-1-2-11(13(12)16)14(17)8-6-9-4-5-10(7-8)18-9/h1-3,8-10H,4-7H2. The summed E-state index contributed by atoms with van der Waals surface area (Å²) in [7, 11) is 0. The predicted molar refractivity (Wildman–Crippen MR) is 67.8 cm³/mol. The van der Waals surface area contributed by atoms with Crippen LogP contribution in [0.3, 0.4) is 0 Å². The first-order valence-electron chi connectivity index (χ1n) is 6.29. The van der Waals surface area contributed by atoms with E-state index in [1.807, 2.05) is 11.8 Å². The topological polar surface area (TPSA) is 17.1 Å². The van der Waals surface area contributed by atoms with Gasteiger partial charge in [0.15, 0.2) is 17.4 Å². The third kappa shape index (κ3) is 2.07. The highest BCUT2D eigenvalue weighted by molar-refractivity contribution is 8.00. The zero-order valence-electron chi connectivity index (χ0n) is 9.86. The van der Waals surface area contributed by atoms with E-state index in [1.54, 1.807) is 0 Å². The molecule has 2 saturated heterocycles. The van der Waals surface area contributed by atoms with Crippen molar-refractivity contribution in [3.63, 3.8) is 0 Å². The van der Waals surface area contributed by atoms with Gasteiger partial charge in [-0.25, -0.2) is 8.78 Å². The van der Waals surface area contributed by atoms with Gasteiger partial charge in [-0.2, -0.15) is 11.8 Å². The van der Waals surface area contributed by atoms with E-state index in [2.05, 4.69) is 0 Å². The predicted octanol–water partition coefficient (Wildman–Crippen LogP) is 3.82. The van der Waals surface area contributed by atoms with Crippen LogP contribution in [0, 0.1) is 17.6 Å². The third-order valence-corrected chi connectivity index (χ3v) is 5.50. The fraction of sp³-hybridized carbons (Fsp3) is 0.500. The van der Waals surface area contributed by atoms with Crippen molar-refractivity contribution in [3.05, 3.63) is 35.4 Å². The number of carbonyl (C=O) groups excluding carboxylic acids is 1. The molecule has 1 aromatic carbocycles. The molecule has 96 valence electrons. The third-order valence-electron chi connectivity index (χ3n) is 3.88. The Hall–Kier alpha value is -0.900. The zero-order valence-corrected chi connectivity index (χ0v) is 10.7. The van der Waals surface area contributed by atoms with Crippen molar-refractivity contribution in [1.82, 2.24) is 0 Å². The molecule has 1 nitrogen and oxygen atoms in total. The van der Waals surface area contributed by atoms with Gasteiger partial charge in [-0.1, -0.05) is 6.07 Å². The van der Waals surface area contributed by atoms with Crippen molar-refractivity contribution >= 4 is 17.5 Å². The number of halogens is 2. The molecule has 0 spiro atoms. The van der Waals surface area contributed by atoms with Gasteiger partial charge in [0, 0.05) is 16.4 Å². The SMILES string of the molecule is O=C(c1cccc(F)c1F)C1CC2CCC(C1)S2. The first-order valence-corrected chi connectivity index (χ1v) is 7.23. The van der Waals surface area contributed by atoms with Crippen LogP contribution in [-0.2, 0) is 0 Å². The number of hydrogen-bond donors (Lipinski definition) is 0. The molecule has 0 radical (unpaired) electrons. The normalized spacial score (nSPS) is 30.4. The van der Waals surface area contributed by atoms with Crippen LogP contribution in [-0.4, -0.2) is 16.3 Å². The van der Waals surface area contributed by atoms with Gasteiger partial charge in [-0.05, 0) is 37.8 Å². The molecule has 3 rings (SSSR count). The molecule has 2 bridgehead atoms. The number of benzene rings is 1. The maximum absolute atomic E-state index is 13.6. The molecule has 2 fully saturated rings. The molecule has 1 aromatic rings. The molecule has 0 aromatic heterocycles. The van der Waals surface area contributed by atoms with Crippen molar-refractivity contribution in [2.75, 3.05) is 0 Å². The van der Waals surface area contributed by atoms with E-state index in [9.17, 15) is 13.6 Å². The number of fused-ring (bicyclic) bond motifs is 2. The van der Waals surface area contributed by atoms with Crippen LogP contribution in [0.4, 0.5) is 8.78 Å². The Morgan fingerprint density at radius 2 is 1.83 bits per heavy atom. The molecule has 18 heavy (non-hydrogen) atoms. The number of Topliss-reactive ketones (excluding diaryl/α,β-unsaturated/α-hetero) is 1. The van der Waals surface area contributed by atoms with E-state index in [-0.39, 0.29) is 17.3 Å². The second-order valence-electron chi connectivity index (χ2n) is 5.09. The number of hydrogen-bond acceptors (Lipinski definition) is 2. The van der Waals surface area contributed by atoms with Gasteiger partial charge >= 0.3 is 0 Å². The Labute approximate surface area is 109 Å². The largest absolute Gasteiger partial charge is 0.294 e. The van der Waals surface area contributed by atoms with Gasteiger partial charge in [0.2, 0.25) is 0 Å². The van der Waals surface area contributed by atoms with Crippen molar-refractivity contribution in [2.45, 2.75) is 36.2 Å². The van der Waals surface area contributed by atoms with Gasteiger partial charge in [-0.3, -0.25) is 4.79 Å². The monoisotopic (exact) mass is 268 g/mol. The van der Waals surface area contributed by atoms with E-state index >= 15 is 0 Å². The molecule has 4 heteroatoms. The van der Waals surface area contributed by atoms with E-state index in [4.69, 9.17) is 0 Å². The summed E-state index contributed by atoms with van der Waals surface area (Å²) in [6, 6.07) is 3.84. The molecule has 2 heterocycles. The Morgan fingerprint density at radius 1 is 1.17 bits per heavy atom. The van der Waals surface area contributed by atoms with E-state index in [0.717, 1.165) is 31.7 Å². The number of rotatable bonds is 2. The number of ketones is 1. The summed E-state index contributed by atoms with van der Waals surface area (Å²) in [4.78, 5) is 12.3. The molecule has 0 amide bonds. The van der Waals surface area contributed by atoms with Crippen LogP contribution in [0.25, 0.3) is 0 Å². The lowest BCUT2D eigenvalue weighted by molar-refractivity contribution is 0.0901. The van der Waals surface area contributed by atoms with Gasteiger partial charge < -0.3 is 0 Å². The van der Waals surface area contributed by atoms with Crippen molar-refractivity contribution in [1.29, 1.82) is 0 Å². The first-order chi connectivity index (χ1) is 8.65. The first kappa shape index (κ1) is 12.2. The fourth-order valence-corrected chi connectivity index (χ4v) is 4.76. The van der Waals surface area contributed by atoms with Gasteiger partial charge in [0.1, 0.15) is 0 Å². The lowest BCUT2D eigenvalue weighted by Crippen LogP contribution is -2.25. The minimum absolute atomic E-state index is 0.0775. The van der Waals surface area contributed by atoms with Crippen LogP contribution in [0.2, 0.25) is 0 Å².